The van der Waals surface area contributed by atoms with E-state index < -0.39 is 0 Å². The van der Waals surface area contributed by atoms with Gasteiger partial charge in [-0.15, -0.1) is 22.7 Å². The zero-order chi connectivity index (χ0) is 10.7. The quantitative estimate of drug-likeness (QED) is 0.765. The first-order valence-corrected chi connectivity index (χ1v) is 6.99. The molecule has 0 aliphatic rings. The monoisotopic (exact) mass is 237 g/mol. The molecule has 0 radical (unpaired) electrons. The standard InChI is InChI=1S/C12H15NS2/c1-3-13(4-2)10-7-9-15-12(10)11-6-5-8-14-11/h5-9H,3-4H2,1-2H3. The van der Waals surface area contributed by atoms with Gasteiger partial charge in [0.25, 0.3) is 0 Å². The summed E-state index contributed by atoms with van der Waals surface area (Å²) >= 11 is 3.65. The van der Waals surface area contributed by atoms with E-state index in [0.29, 0.717) is 0 Å². The predicted molar refractivity (Wildman–Crippen MR) is 71.2 cm³/mol. The number of rotatable bonds is 4. The van der Waals surface area contributed by atoms with E-state index in [-0.39, 0.29) is 0 Å². The minimum Gasteiger partial charge on any atom is -0.371 e. The van der Waals surface area contributed by atoms with Gasteiger partial charge in [0.15, 0.2) is 0 Å². The van der Waals surface area contributed by atoms with E-state index in [9.17, 15) is 0 Å². The summed E-state index contributed by atoms with van der Waals surface area (Å²) in [6.45, 7) is 6.57. The van der Waals surface area contributed by atoms with Crippen LogP contribution < -0.4 is 4.90 Å². The summed E-state index contributed by atoms with van der Waals surface area (Å²) < 4.78 is 0. The minimum absolute atomic E-state index is 1.08. The molecule has 0 aliphatic heterocycles. The van der Waals surface area contributed by atoms with Gasteiger partial charge in [-0.1, -0.05) is 6.07 Å². The van der Waals surface area contributed by atoms with E-state index in [1.807, 2.05) is 22.7 Å². The smallest absolute Gasteiger partial charge is 0.0676 e. The highest BCUT2D eigenvalue weighted by atomic mass is 32.1. The van der Waals surface area contributed by atoms with E-state index >= 15 is 0 Å². The molecule has 0 aliphatic carbocycles. The lowest BCUT2D eigenvalue weighted by molar-refractivity contribution is 0.870. The summed E-state index contributed by atoms with van der Waals surface area (Å²) in [5.41, 5.74) is 1.38. The molecule has 0 aromatic carbocycles. The Morgan fingerprint density at radius 1 is 1.07 bits per heavy atom. The van der Waals surface area contributed by atoms with Crippen LogP contribution in [0.2, 0.25) is 0 Å². The summed E-state index contributed by atoms with van der Waals surface area (Å²) in [6.07, 6.45) is 0. The summed E-state index contributed by atoms with van der Waals surface area (Å²) in [5.74, 6) is 0. The minimum atomic E-state index is 1.08. The SMILES string of the molecule is CCN(CC)c1ccsc1-c1cccs1. The molecule has 0 spiro atoms. The van der Waals surface area contributed by atoms with Crippen LogP contribution in [-0.4, -0.2) is 13.1 Å². The number of hydrogen-bond acceptors (Lipinski definition) is 3. The van der Waals surface area contributed by atoms with E-state index in [2.05, 4.69) is 47.7 Å². The molecule has 0 saturated carbocycles. The predicted octanol–water partition coefficient (Wildman–Crippen LogP) is 4.32. The van der Waals surface area contributed by atoms with Crippen molar-refractivity contribution in [2.75, 3.05) is 18.0 Å². The van der Waals surface area contributed by atoms with Gasteiger partial charge in [-0.05, 0) is 36.7 Å². The fraction of sp³-hybridized carbons (Fsp3) is 0.333. The Balaban J connectivity index is 2.37. The molecule has 0 N–H and O–H groups in total. The molecule has 2 rings (SSSR count). The Kier molecular flexibility index (Phi) is 3.44. The van der Waals surface area contributed by atoms with Gasteiger partial charge >= 0.3 is 0 Å². The average Bonchev–Trinajstić information content (AvgIpc) is 2.88. The number of hydrogen-bond donors (Lipinski definition) is 0. The first kappa shape index (κ1) is 10.7. The molecule has 0 unspecified atom stereocenters. The van der Waals surface area contributed by atoms with Crippen molar-refractivity contribution in [1.82, 2.24) is 0 Å². The molecular weight excluding hydrogens is 222 g/mol. The van der Waals surface area contributed by atoms with E-state index in [0.717, 1.165) is 13.1 Å². The maximum absolute atomic E-state index is 2.41. The second-order valence-electron chi connectivity index (χ2n) is 3.28. The molecule has 0 atom stereocenters. The first-order valence-electron chi connectivity index (χ1n) is 5.23. The van der Waals surface area contributed by atoms with Crippen molar-refractivity contribution in [2.45, 2.75) is 13.8 Å². The lowest BCUT2D eigenvalue weighted by Gasteiger charge is -2.20. The molecule has 2 aromatic rings. The summed E-state index contributed by atoms with van der Waals surface area (Å²) in [5, 5.41) is 4.32. The van der Waals surface area contributed by atoms with Crippen LogP contribution in [0.5, 0.6) is 0 Å². The third-order valence-corrected chi connectivity index (χ3v) is 4.45. The molecule has 0 saturated heterocycles. The van der Waals surface area contributed by atoms with Crippen LogP contribution in [0.1, 0.15) is 13.8 Å². The normalized spacial score (nSPS) is 10.5. The van der Waals surface area contributed by atoms with Gasteiger partial charge in [-0.3, -0.25) is 0 Å². The van der Waals surface area contributed by atoms with Gasteiger partial charge in [0, 0.05) is 18.0 Å². The molecule has 2 aromatic heterocycles. The lowest BCUT2D eigenvalue weighted by Crippen LogP contribution is -2.21. The molecule has 0 fully saturated rings. The highest BCUT2D eigenvalue weighted by molar-refractivity contribution is 7.20. The fourth-order valence-electron chi connectivity index (χ4n) is 1.71. The van der Waals surface area contributed by atoms with Crippen LogP contribution in [0.4, 0.5) is 5.69 Å². The summed E-state index contributed by atoms with van der Waals surface area (Å²) in [6, 6.07) is 6.54. The van der Waals surface area contributed by atoms with Crippen molar-refractivity contribution >= 4 is 28.4 Å². The molecule has 2 heterocycles. The molecule has 15 heavy (non-hydrogen) atoms. The van der Waals surface area contributed by atoms with Crippen molar-refractivity contribution in [3.63, 3.8) is 0 Å². The first-order chi connectivity index (χ1) is 7.36. The van der Waals surface area contributed by atoms with Crippen LogP contribution in [0.15, 0.2) is 29.0 Å². The van der Waals surface area contributed by atoms with Crippen molar-refractivity contribution in [1.29, 1.82) is 0 Å². The maximum atomic E-state index is 2.41. The second kappa shape index (κ2) is 4.81. The summed E-state index contributed by atoms with van der Waals surface area (Å²) in [7, 11) is 0. The van der Waals surface area contributed by atoms with Crippen molar-refractivity contribution in [2.24, 2.45) is 0 Å². The molecular formula is C12H15NS2. The van der Waals surface area contributed by atoms with Crippen LogP contribution in [0.3, 0.4) is 0 Å². The van der Waals surface area contributed by atoms with Crippen molar-refractivity contribution in [3.8, 4) is 9.75 Å². The molecule has 1 nitrogen and oxygen atoms in total. The topological polar surface area (TPSA) is 3.24 Å². The Hall–Kier alpha value is -0.800. The van der Waals surface area contributed by atoms with Crippen LogP contribution in [0, 0.1) is 0 Å². The Bertz CT molecular complexity index is 399. The molecule has 0 bridgehead atoms. The lowest BCUT2D eigenvalue weighted by atomic mass is 10.3. The van der Waals surface area contributed by atoms with Gasteiger partial charge in [0.05, 0.1) is 10.6 Å². The largest absolute Gasteiger partial charge is 0.371 e. The maximum Gasteiger partial charge on any atom is 0.0676 e. The van der Waals surface area contributed by atoms with E-state index in [4.69, 9.17) is 0 Å². The zero-order valence-electron chi connectivity index (χ0n) is 9.06. The highest BCUT2D eigenvalue weighted by Gasteiger charge is 2.11. The Labute approximate surface area is 99.0 Å². The van der Waals surface area contributed by atoms with Crippen LogP contribution in [-0.2, 0) is 0 Å². The third kappa shape index (κ3) is 2.08. The third-order valence-electron chi connectivity index (χ3n) is 2.49. The molecule has 80 valence electrons. The number of anilines is 1. The highest BCUT2D eigenvalue weighted by Crippen LogP contribution is 2.38. The average molecular weight is 237 g/mol. The van der Waals surface area contributed by atoms with Crippen LogP contribution in [0.25, 0.3) is 9.75 Å². The molecule has 0 amide bonds. The van der Waals surface area contributed by atoms with E-state index in [1.165, 1.54) is 15.4 Å². The number of nitrogens with zero attached hydrogens (tertiary/aromatic N) is 1. The second-order valence-corrected chi connectivity index (χ2v) is 5.15. The number of thiophene rings is 2. The zero-order valence-corrected chi connectivity index (χ0v) is 10.7. The van der Waals surface area contributed by atoms with E-state index in [1.54, 1.807) is 0 Å². The van der Waals surface area contributed by atoms with Gasteiger partial charge in [0.2, 0.25) is 0 Å². The van der Waals surface area contributed by atoms with Crippen LogP contribution >= 0.6 is 22.7 Å². The molecule has 3 heteroatoms. The van der Waals surface area contributed by atoms with Gasteiger partial charge in [-0.2, -0.15) is 0 Å². The van der Waals surface area contributed by atoms with Crippen molar-refractivity contribution < 1.29 is 0 Å². The fourth-order valence-corrected chi connectivity index (χ4v) is 3.50. The Morgan fingerprint density at radius 2 is 1.87 bits per heavy atom. The van der Waals surface area contributed by atoms with Gasteiger partial charge < -0.3 is 4.90 Å². The summed E-state index contributed by atoms with van der Waals surface area (Å²) in [4.78, 5) is 5.20. The van der Waals surface area contributed by atoms with Gasteiger partial charge in [-0.25, -0.2) is 0 Å². The van der Waals surface area contributed by atoms with Crippen molar-refractivity contribution in [3.05, 3.63) is 29.0 Å². The Morgan fingerprint density at radius 3 is 2.47 bits per heavy atom. The van der Waals surface area contributed by atoms with Gasteiger partial charge in [0.1, 0.15) is 0 Å².